The molecule has 4 heteroatoms. The fourth-order valence-electron chi connectivity index (χ4n) is 3.78. The van der Waals surface area contributed by atoms with Gasteiger partial charge in [0.2, 0.25) is 5.91 Å². The van der Waals surface area contributed by atoms with Crippen molar-refractivity contribution in [2.45, 2.75) is 33.1 Å². The predicted octanol–water partition coefficient (Wildman–Crippen LogP) is 3.67. The average Bonchev–Trinajstić information content (AvgIpc) is 2.93. The minimum atomic E-state index is -0.840. The van der Waals surface area contributed by atoms with Gasteiger partial charge in [0.1, 0.15) is 5.41 Å². The zero-order valence-electron chi connectivity index (χ0n) is 11.7. The number of benzene rings is 1. The van der Waals surface area contributed by atoms with Crippen molar-refractivity contribution in [2.24, 2.45) is 16.7 Å². The molecule has 3 nitrogen and oxygen atoms in total. The minimum Gasteiger partial charge on any atom is -0.324 e. The second-order valence-electron chi connectivity index (χ2n) is 6.51. The number of para-hydroxylation sites is 1. The van der Waals surface area contributed by atoms with E-state index in [-0.39, 0.29) is 17.1 Å². The molecule has 0 radical (unpaired) electrons. The summed E-state index contributed by atoms with van der Waals surface area (Å²) in [5.74, 6) is 0.224. The van der Waals surface area contributed by atoms with E-state index in [0.717, 1.165) is 6.42 Å². The Hall–Kier alpha value is -1.35. The van der Waals surface area contributed by atoms with Crippen LogP contribution in [0.3, 0.4) is 0 Å². The van der Waals surface area contributed by atoms with Crippen molar-refractivity contribution in [1.82, 2.24) is 0 Å². The topological polar surface area (TPSA) is 46.2 Å². The van der Waals surface area contributed by atoms with E-state index in [9.17, 15) is 9.59 Å². The normalized spacial score (nSPS) is 30.6. The Bertz CT molecular complexity index is 596. The maximum Gasteiger partial charge on any atom is 0.238 e. The standard InChI is InChI=1S/C16H18ClNO2/c1-15(2)10-7-8-16(9-10,13(15)19)14(20)18-12-6-4-3-5-11(12)17/h3-6,10H,7-9H2,1-2H3,(H,18,20)/t10-,16-/m0/s1. The number of ketones is 1. The fraction of sp³-hybridized carbons (Fsp3) is 0.500. The van der Waals surface area contributed by atoms with E-state index in [1.54, 1.807) is 12.1 Å². The van der Waals surface area contributed by atoms with Crippen LogP contribution in [0.25, 0.3) is 0 Å². The Balaban J connectivity index is 1.89. The van der Waals surface area contributed by atoms with Crippen LogP contribution in [-0.4, -0.2) is 11.7 Å². The summed E-state index contributed by atoms with van der Waals surface area (Å²) in [6.45, 7) is 3.92. The highest BCUT2D eigenvalue weighted by Gasteiger charge is 2.65. The molecule has 3 rings (SSSR count). The van der Waals surface area contributed by atoms with E-state index in [0.29, 0.717) is 29.5 Å². The Morgan fingerprint density at radius 2 is 2.05 bits per heavy atom. The van der Waals surface area contributed by atoms with E-state index in [1.807, 2.05) is 26.0 Å². The molecule has 0 heterocycles. The lowest BCUT2D eigenvalue weighted by molar-refractivity contribution is -0.142. The number of rotatable bonds is 2. The monoisotopic (exact) mass is 291 g/mol. The van der Waals surface area contributed by atoms with Crippen LogP contribution in [0, 0.1) is 16.7 Å². The molecule has 20 heavy (non-hydrogen) atoms. The lowest BCUT2D eigenvalue weighted by atomic mass is 9.70. The van der Waals surface area contributed by atoms with Gasteiger partial charge in [0.25, 0.3) is 0 Å². The second-order valence-corrected chi connectivity index (χ2v) is 6.91. The van der Waals surface area contributed by atoms with Gasteiger partial charge in [-0.2, -0.15) is 0 Å². The number of Topliss-reactive ketones (excluding diaryl/α,β-unsaturated/α-hetero) is 1. The van der Waals surface area contributed by atoms with Gasteiger partial charge in [-0.15, -0.1) is 0 Å². The van der Waals surface area contributed by atoms with Gasteiger partial charge in [-0.3, -0.25) is 9.59 Å². The van der Waals surface area contributed by atoms with Gasteiger partial charge in [0.05, 0.1) is 10.7 Å². The van der Waals surface area contributed by atoms with Crippen LogP contribution in [0.1, 0.15) is 33.1 Å². The lowest BCUT2D eigenvalue weighted by Gasteiger charge is -2.32. The summed E-state index contributed by atoms with van der Waals surface area (Å²) in [5.41, 5.74) is -0.641. The van der Waals surface area contributed by atoms with Crippen LogP contribution >= 0.6 is 11.6 Å². The maximum atomic E-state index is 12.7. The molecule has 1 amide bonds. The largest absolute Gasteiger partial charge is 0.324 e. The van der Waals surface area contributed by atoms with Crippen molar-refractivity contribution in [1.29, 1.82) is 0 Å². The summed E-state index contributed by atoms with van der Waals surface area (Å²) >= 11 is 6.07. The van der Waals surface area contributed by atoms with E-state index in [1.165, 1.54) is 0 Å². The van der Waals surface area contributed by atoms with Crippen LogP contribution in [-0.2, 0) is 9.59 Å². The average molecular weight is 292 g/mol. The van der Waals surface area contributed by atoms with Gasteiger partial charge in [-0.05, 0) is 37.3 Å². The van der Waals surface area contributed by atoms with E-state index >= 15 is 0 Å². The summed E-state index contributed by atoms with van der Waals surface area (Å²) in [5, 5.41) is 3.34. The van der Waals surface area contributed by atoms with E-state index in [4.69, 9.17) is 11.6 Å². The molecule has 0 saturated heterocycles. The van der Waals surface area contributed by atoms with Gasteiger partial charge < -0.3 is 5.32 Å². The smallest absolute Gasteiger partial charge is 0.238 e. The third-order valence-corrected chi connectivity index (χ3v) is 5.44. The first-order valence-corrected chi connectivity index (χ1v) is 7.36. The third-order valence-electron chi connectivity index (χ3n) is 5.11. The molecule has 0 aromatic heterocycles. The number of hydrogen-bond donors (Lipinski definition) is 1. The molecule has 1 aromatic rings. The van der Waals surface area contributed by atoms with Crippen LogP contribution in [0.15, 0.2) is 24.3 Å². The van der Waals surface area contributed by atoms with Crippen molar-refractivity contribution >= 4 is 29.0 Å². The van der Waals surface area contributed by atoms with Crippen LogP contribution in [0.4, 0.5) is 5.69 Å². The highest BCUT2D eigenvalue weighted by atomic mass is 35.5. The highest BCUT2D eigenvalue weighted by molar-refractivity contribution is 6.34. The maximum absolute atomic E-state index is 12.7. The Kier molecular flexibility index (Phi) is 2.94. The first-order chi connectivity index (χ1) is 9.38. The summed E-state index contributed by atoms with van der Waals surface area (Å²) in [6, 6.07) is 7.11. The van der Waals surface area contributed by atoms with Crippen molar-refractivity contribution in [2.75, 3.05) is 5.32 Å². The summed E-state index contributed by atoms with van der Waals surface area (Å²) in [4.78, 5) is 25.3. The molecule has 1 N–H and O–H groups in total. The number of halogens is 1. The molecule has 1 aromatic carbocycles. The van der Waals surface area contributed by atoms with Gasteiger partial charge >= 0.3 is 0 Å². The summed E-state index contributed by atoms with van der Waals surface area (Å²) < 4.78 is 0. The molecule has 2 bridgehead atoms. The molecule has 0 aliphatic heterocycles. The third kappa shape index (κ3) is 1.72. The predicted molar refractivity (Wildman–Crippen MR) is 78.6 cm³/mol. The van der Waals surface area contributed by atoms with Crippen molar-refractivity contribution in [3.63, 3.8) is 0 Å². The number of anilines is 1. The number of hydrogen-bond acceptors (Lipinski definition) is 2. The molecule has 2 fully saturated rings. The van der Waals surface area contributed by atoms with Gasteiger partial charge in [0, 0.05) is 5.41 Å². The van der Waals surface area contributed by atoms with Crippen LogP contribution in [0.2, 0.25) is 5.02 Å². The molecule has 106 valence electrons. The van der Waals surface area contributed by atoms with E-state index < -0.39 is 5.41 Å². The van der Waals surface area contributed by atoms with Gasteiger partial charge in [-0.25, -0.2) is 0 Å². The number of nitrogens with one attached hydrogen (secondary N) is 1. The first kappa shape index (κ1) is 13.6. The molecular formula is C16H18ClNO2. The number of carbonyl (C=O) groups excluding carboxylic acids is 2. The van der Waals surface area contributed by atoms with Crippen LogP contribution < -0.4 is 5.32 Å². The van der Waals surface area contributed by atoms with E-state index in [2.05, 4.69) is 5.32 Å². The Morgan fingerprint density at radius 1 is 1.35 bits per heavy atom. The number of carbonyl (C=O) groups is 2. The zero-order chi connectivity index (χ0) is 14.5. The van der Waals surface area contributed by atoms with Gasteiger partial charge in [0.15, 0.2) is 5.78 Å². The molecule has 2 aliphatic rings. The fourth-order valence-corrected chi connectivity index (χ4v) is 3.97. The Labute approximate surface area is 123 Å². The second kappa shape index (κ2) is 4.32. The molecule has 2 atom stereocenters. The lowest BCUT2D eigenvalue weighted by Crippen LogP contribution is -2.44. The highest BCUT2D eigenvalue weighted by Crippen LogP contribution is 2.60. The summed E-state index contributed by atoms with van der Waals surface area (Å²) in [6.07, 6.45) is 2.29. The van der Waals surface area contributed by atoms with Crippen molar-refractivity contribution in [3.05, 3.63) is 29.3 Å². The summed E-state index contributed by atoms with van der Waals surface area (Å²) in [7, 11) is 0. The zero-order valence-corrected chi connectivity index (χ0v) is 12.5. The van der Waals surface area contributed by atoms with Crippen molar-refractivity contribution in [3.8, 4) is 0 Å². The SMILES string of the molecule is CC1(C)C(=O)[C@]2(C(=O)Nc3ccccc3Cl)CC[C@H]1C2. The molecular weight excluding hydrogens is 274 g/mol. The first-order valence-electron chi connectivity index (χ1n) is 6.99. The Morgan fingerprint density at radius 3 is 2.65 bits per heavy atom. The number of fused-ring (bicyclic) bond motifs is 2. The molecule has 0 unspecified atom stereocenters. The van der Waals surface area contributed by atoms with Crippen LogP contribution in [0.5, 0.6) is 0 Å². The number of amides is 1. The molecule has 2 aliphatic carbocycles. The molecule has 2 saturated carbocycles. The molecule has 0 spiro atoms. The van der Waals surface area contributed by atoms with Crippen molar-refractivity contribution < 1.29 is 9.59 Å². The quantitative estimate of drug-likeness (QED) is 0.845. The minimum absolute atomic E-state index is 0.0887. The van der Waals surface area contributed by atoms with Gasteiger partial charge in [-0.1, -0.05) is 37.6 Å².